The predicted octanol–water partition coefficient (Wildman–Crippen LogP) is 9.83. The first kappa shape index (κ1) is 30.3. The number of hydrogen-bond donors (Lipinski definition) is 0. The van der Waals surface area contributed by atoms with Crippen molar-refractivity contribution < 1.29 is 0 Å². The monoisotopic (exact) mass is 683 g/mol. The van der Waals surface area contributed by atoms with E-state index in [0.717, 1.165) is 67.0 Å². The van der Waals surface area contributed by atoms with Crippen LogP contribution in [0.15, 0.2) is 164 Å². The van der Waals surface area contributed by atoms with Crippen LogP contribution in [0.25, 0.3) is 84.0 Å². The second-order valence-corrected chi connectivity index (χ2v) is 18.2. The van der Waals surface area contributed by atoms with Crippen LogP contribution in [0.4, 0.5) is 0 Å². The van der Waals surface area contributed by atoms with Crippen LogP contribution in [-0.2, 0) is 0 Å². The number of hydrogen-bond acceptors (Lipinski definition) is 4. The molecule has 6 aromatic carbocycles. The molecule has 10 rings (SSSR count). The Hall–Kier alpha value is -6.50. The van der Waals surface area contributed by atoms with E-state index in [2.05, 4.69) is 145 Å². The van der Waals surface area contributed by atoms with Gasteiger partial charge in [-0.25, -0.2) is 19.9 Å². The molecule has 0 saturated carbocycles. The van der Waals surface area contributed by atoms with Crippen LogP contribution in [0.3, 0.4) is 0 Å². The number of para-hydroxylation sites is 1. The van der Waals surface area contributed by atoms with E-state index in [1.54, 1.807) is 0 Å². The molecule has 0 fully saturated rings. The Bertz CT molecular complexity index is 2750. The van der Waals surface area contributed by atoms with Crippen molar-refractivity contribution in [3.05, 3.63) is 164 Å². The largest absolute Gasteiger partial charge is 0.278 e. The van der Waals surface area contributed by atoms with E-state index in [4.69, 9.17) is 19.9 Å². The van der Waals surface area contributed by atoms with Gasteiger partial charge in [0.05, 0.1) is 28.1 Å². The minimum atomic E-state index is -2.09. The third-order valence-corrected chi connectivity index (χ3v) is 13.7. The molecule has 0 atom stereocenters. The maximum Gasteiger partial charge on any atom is 0.235 e. The van der Waals surface area contributed by atoms with Gasteiger partial charge in [0.1, 0.15) is 8.07 Å². The number of rotatable bonds is 5. The highest BCUT2D eigenvalue weighted by Gasteiger charge is 2.41. The van der Waals surface area contributed by atoms with Crippen molar-refractivity contribution in [2.75, 3.05) is 0 Å². The summed E-state index contributed by atoms with van der Waals surface area (Å²) in [4.78, 5) is 21.2. The Balaban J connectivity index is 1.20. The van der Waals surface area contributed by atoms with Gasteiger partial charge in [-0.1, -0.05) is 147 Å². The van der Waals surface area contributed by atoms with Crippen molar-refractivity contribution in [2.24, 2.45) is 0 Å². The quantitative estimate of drug-likeness (QED) is 0.170. The molecule has 0 aliphatic carbocycles. The van der Waals surface area contributed by atoms with Crippen LogP contribution in [0.2, 0.25) is 13.1 Å². The topological polar surface area (TPSA) is 56.5 Å². The zero-order chi connectivity index (χ0) is 34.8. The van der Waals surface area contributed by atoms with Crippen molar-refractivity contribution in [1.82, 2.24) is 24.5 Å². The third kappa shape index (κ3) is 4.76. The molecule has 6 heteroatoms. The molecule has 52 heavy (non-hydrogen) atoms. The summed E-state index contributed by atoms with van der Waals surface area (Å²) < 4.78 is 2.19. The summed E-state index contributed by atoms with van der Waals surface area (Å²) in [6.07, 6.45) is 0. The number of nitrogens with zero attached hydrogens (tertiary/aromatic N) is 5. The third-order valence-electron chi connectivity index (χ3n) is 10.4. The van der Waals surface area contributed by atoms with Gasteiger partial charge in [0.15, 0.2) is 5.82 Å². The molecule has 0 amide bonds. The summed E-state index contributed by atoms with van der Waals surface area (Å²) in [6.45, 7) is 4.82. The fourth-order valence-corrected chi connectivity index (χ4v) is 10.8. The second-order valence-electron chi connectivity index (χ2n) is 13.9. The highest BCUT2D eigenvalue weighted by atomic mass is 28.3. The van der Waals surface area contributed by atoms with E-state index >= 15 is 0 Å². The molecule has 0 radical (unpaired) electrons. The standard InChI is InChI=1S/C46H33N5Si/c1-52(2)41-25-15-13-23-35(41)42-43(32-20-10-5-11-21-32)49-44(50-45(42)52)33-26-27-40-36(28-33)34-22-12-14-24-39(34)51(40)46-47-37(30-16-6-3-7-17-30)29-38(48-46)31-18-8-4-9-19-31/h3-29H,1-2H3. The van der Waals surface area contributed by atoms with Gasteiger partial charge < -0.3 is 0 Å². The molecule has 1 aliphatic rings. The fourth-order valence-electron chi connectivity index (χ4n) is 7.85. The van der Waals surface area contributed by atoms with Gasteiger partial charge in [-0.15, -0.1) is 0 Å². The Morgan fingerprint density at radius 2 is 1.04 bits per heavy atom. The fraction of sp³-hybridized carbons (Fsp3) is 0.0435. The number of aromatic nitrogens is 5. The van der Waals surface area contributed by atoms with Crippen molar-refractivity contribution in [3.8, 4) is 62.2 Å². The van der Waals surface area contributed by atoms with E-state index in [9.17, 15) is 0 Å². The van der Waals surface area contributed by atoms with Crippen LogP contribution in [-0.4, -0.2) is 32.6 Å². The zero-order valence-corrected chi connectivity index (χ0v) is 29.8. The lowest BCUT2D eigenvalue weighted by atomic mass is 10.0. The van der Waals surface area contributed by atoms with Crippen LogP contribution < -0.4 is 10.5 Å². The van der Waals surface area contributed by atoms with E-state index in [1.165, 1.54) is 21.6 Å². The lowest BCUT2D eigenvalue weighted by Gasteiger charge is -2.19. The minimum Gasteiger partial charge on any atom is -0.278 e. The molecule has 0 saturated heterocycles. The van der Waals surface area contributed by atoms with Crippen molar-refractivity contribution >= 4 is 40.4 Å². The summed E-state index contributed by atoms with van der Waals surface area (Å²) in [6, 6.07) is 57.2. The lowest BCUT2D eigenvalue weighted by Crippen LogP contribution is -2.50. The molecule has 9 aromatic rings. The summed E-state index contributed by atoms with van der Waals surface area (Å²) in [5.41, 5.74) is 11.4. The summed E-state index contributed by atoms with van der Waals surface area (Å²) >= 11 is 0. The summed E-state index contributed by atoms with van der Waals surface area (Å²) in [5, 5.41) is 4.84. The number of fused-ring (bicyclic) bond motifs is 6. The predicted molar refractivity (Wildman–Crippen MR) is 216 cm³/mol. The highest BCUT2D eigenvalue weighted by Crippen LogP contribution is 2.38. The normalized spacial score (nSPS) is 13.0. The van der Waals surface area contributed by atoms with Crippen LogP contribution in [0, 0.1) is 0 Å². The first-order valence-corrected chi connectivity index (χ1v) is 20.7. The number of benzene rings is 6. The van der Waals surface area contributed by atoms with Gasteiger partial charge in [-0.2, -0.15) is 0 Å². The zero-order valence-electron chi connectivity index (χ0n) is 28.8. The average Bonchev–Trinajstić information content (AvgIpc) is 3.66. The molecular weight excluding hydrogens is 651 g/mol. The van der Waals surface area contributed by atoms with E-state index in [1.807, 2.05) is 36.4 Å². The molecule has 4 heterocycles. The van der Waals surface area contributed by atoms with Crippen LogP contribution in [0.1, 0.15) is 0 Å². The molecule has 1 aliphatic heterocycles. The van der Waals surface area contributed by atoms with Crippen LogP contribution >= 0.6 is 0 Å². The van der Waals surface area contributed by atoms with Gasteiger partial charge in [0.25, 0.3) is 0 Å². The first-order valence-electron chi connectivity index (χ1n) is 17.7. The van der Waals surface area contributed by atoms with E-state index in [-0.39, 0.29) is 0 Å². The van der Waals surface area contributed by atoms with Crippen molar-refractivity contribution in [1.29, 1.82) is 0 Å². The Morgan fingerprint density at radius 1 is 0.462 bits per heavy atom. The van der Waals surface area contributed by atoms with E-state index in [0.29, 0.717) is 5.95 Å². The van der Waals surface area contributed by atoms with Gasteiger partial charge in [0.2, 0.25) is 5.95 Å². The Morgan fingerprint density at radius 3 is 1.73 bits per heavy atom. The maximum absolute atomic E-state index is 5.44. The molecule has 0 spiro atoms. The molecule has 0 unspecified atom stereocenters. The molecule has 3 aromatic heterocycles. The van der Waals surface area contributed by atoms with Crippen molar-refractivity contribution in [2.45, 2.75) is 13.1 Å². The lowest BCUT2D eigenvalue weighted by molar-refractivity contribution is 0.995. The molecule has 0 N–H and O–H groups in total. The van der Waals surface area contributed by atoms with Gasteiger partial charge in [-0.05, 0) is 41.1 Å². The molecule has 0 bridgehead atoms. The second kappa shape index (κ2) is 11.8. The van der Waals surface area contributed by atoms with Gasteiger partial charge >= 0.3 is 0 Å². The Kier molecular flexibility index (Phi) is 6.88. The van der Waals surface area contributed by atoms with Gasteiger partial charge in [0, 0.05) is 43.9 Å². The summed E-state index contributed by atoms with van der Waals surface area (Å²) in [7, 11) is -2.09. The highest BCUT2D eigenvalue weighted by molar-refractivity contribution is 7.03. The van der Waals surface area contributed by atoms with E-state index < -0.39 is 8.07 Å². The van der Waals surface area contributed by atoms with Gasteiger partial charge in [-0.3, -0.25) is 4.57 Å². The van der Waals surface area contributed by atoms with Crippen molar-refractivity contribution in [3.63, 3.8) is 0 Å². The maximum atomic E-state index is 5.44. The minimum absolute atomic E-state index is 0.629. The average molecular weight is 684 g/mol. The van der Waals surface area contributed by atoms with Crippen LogP contribution in [0.5, 0.6) is 0 Å². The summed E-state index contributed by atoms with van der Waals surface area (Å²) in [5.74, 6) is 1.38. The molecule has 246 valence electrons. The smallest absolute Gasteiger partial charge is 0.235 e. The molecular formula is C46H33N5Si. The Labute approximate surface area is 303 Å². The first-order chi connectivity index (χ1) is 25.5. The molecule has 5 nitrogen and oxygen atoms in total. The SMILES string of the molecule is C[Si]1(C)c2ccccc2-c2c(-c3ccccc3)nc(-c3ccc4c(c3)c3ccccc3n4-c3nc(-c4ccccc4)cc(-c4ccccc4)n3)nc21.